The number of hydrogen-bond donors (Lipinski definition) is 1. The molecule has 1 heterocycles. The fourth-order valence-corrected chi connectivity index (χ4v) is 2.28. The molecule has 0 bridgehead atoms. The van der Waals surface area contributed by atoms with Crippen molar-refractivity contribution in [3.05, 3.63) is 35.6 Å². The smallest absolute Gasteiger partial charge is 0.345 e. The lowest BCUT2D eigenvalue weighted by Gasteiger charge is -2.19. The van der Waals surface area contributed by atoms with Gasteiger partial charge in [0.1, 0.15) is 11.3 Å². The van der Waals surface area contributed by atoms with Crippen LogP contribution in [0.15, 0.2) is 35.6 Å². The van der Waals surface area contributed by atoms with Gasteiger partial charge in [-0.3, -0.25) is 4.79 Å². The van der Waals surface area contributed by atoms with Crippen LogP contribution in [-0.4, -0.2) is 29.2 Å². The normalized spacial score (nSPS) is 23.4. The Hall–Kier alpha value is -1.49. The van der Waals surface area contributed by atoms with Gasteiger partial charge in [0, 0.05) is 11.7 Å². The Balaban J connectivity index is 3.07. The van der Waals surface area contributed by atoms with E-state index in [9.17, 15) is 9.59 Å². The lowest BCUT2D eigenvalue weighted by atomic mass is 9.96. The lowest BCUT2D eigenvalue weighted by Crippen LogP contribution is -2.33. The zero-order valence-corrected chi connectivity index (χ0v) is 14.5. The number of rotatable bonds is 7. The number of allylic oxidation sites excluding steroid dienone is 4. The highest BCUT2D eigenvalue weighted by molar-refractivity contribution is 7.80. The summed E-state index contributed by atoms with van der Waals surface area (Å²) in [6.45, 7) is 7.47. The average molecular weight is 324 g/mol. The number of carbonyl (C=O) groups excluding carboxylic acids is 2. The Kier molecular flexibility index (Phi) is 6.94. The standard InChI is InChI=1S/C17H24O4S/c1-5-7-8-9-10-17(4)15(18)14(16(19)20-6-2)13(21-17)11-12(3)22/h7-10,12,22H,5-6,11H2,1-4H3/b8-7+,10-9+. The molecule has 1 aliphatic heterocycles. The van der Waals surface area contributed by atoms with E-state index >= 15 is 0 Å². The first-order chi connectivity index (χ1) is 10.4. The van der Waals surface area contributed by atoms with Gasteiger partial charge >= 0.3 is 5.97 Å². The molecule has 0 fully saturated rings. The number of thiol groups is 1. The first-order valence-electron chi connectivity index (χ1n) is 7.52. The van der Waals surface area contributed by atoms with Gasteiger partial charge in [0.15, 0.2) is 5.60 Å². The maximum absolute atomic E-state index is 12.6. The van der Waals surface area contributed by atoms with Crippen LogP contribution in [0.2, 0.25) is 0 Å². The van der Waals surface area contributed by atoms with Crippen LogP contribution in [0.5, 0.6) is 0 Å². The van der Waals surface area contributed by atoms with Gasteiger partial charge in [-0.2, -0.15) is 12.6 Å². The number of esters is 1. The van der Waals surface area contributed by atoms with Crippen LogP contribution in [0.25, 0.3) is 0 Å². The second-order valence-corrected chi connectivity index (χ2v) is 6.19. The zero-order valence-electron chi connectivity index (χ0n) is 13.6. The molecule has 0 aromatic carbocycles. The third-order valence-electron chi connectivity index (χ3n) is 3.15. The predicted molar refractivity (Wildman–Crippen MR) is 89.8 cm³/mol. The maximum atomic E-state index is 12.6. The summed E-state index contributed by atoms with van der Waals surface area (Å²) >= 11 is 4.31. The Labute approximate surface area is 137 Å². The van der Waals surface area contributed by atoms with E-state index in [2.05, 4.69) is 12.6 Å². The van der Waals surface area contributed by atoms with Crippen molar-refractivity contribution in [2.75, 3.05) is 6.61 Å². The minimum atomic E-state index is -1.17. The molecule has 0 radical (unpaired) electrons. The lowest BCUT2D eigenvalue weighted by molar-refractivity contribution is -0.140. The van der Waals surface area contributed by atoms with E-state index in [4.69, 9.17) is 9.47 Å². The van der Waals surface area contributed by atoms with Crippen molar-refractivity contribution in [1.29, 1.82) is 0 Å². The van der Waals surface area contributed by atoms with Crippen LogP contribution >= 0.6 is 12.6 Å². The number of ether oxygens (including phenoxy) is 2. The highest BCUT2D eigenvalue weighted by Gasteiger charge is 2.47. The molecule has 5 heteroatoms. The summed E-state index contributed by atoms with van der Waals surface area (Å²) in [4.78, 5) is 24.7. The monoisotopic (exact) mass is 324 g/mol. The van der Waals surface area contributed by atoms with Crippen LogP contribution in [0.1, 0.15) is 40.5 Å². The molecule has 0 amide bonds. The van der Waals surface area contributed by atoms with Gasteiger partial charge < -0.3 is 9.47 Å². The quantitative estimate of drug-likeness (QED) is 0.337. The summed E-state index contributed by atoms with van der Waals surface area (Å²) in [5.74, 6) is -0.633. The molecule has 0 saturated carbocycles. The van der Waals surface area contributed by atoms with E-state index in [-0.39, 0.29) is 23.2 Å². The summed E-state index contributed by atoms with van der Waals surface area (Å²) in [6, 6.07) is 0. The molecular formula is C17H24O4S. The molecule has 0 N–H and O–H groups in total. The van der Waals surface area contributed by atoms with Gasteiger partial charge in [0.05, 0.1) is 6.61 Å². The maximum Gasteiger partial charge on any atom is 0.345 e. The number of carbonyl (C=O) groups is 2. The van der Waals surface area contributed by atoms with Crippen molar-refractivity contribution in [3.63, 3.8) is 0 Å². The van der Waals surface area contributed by atoms with Crippen LogP contribution < -0.4 is 0 Å². The summed E-state index contributed by atoms with van der Waals surface area (Å²) in [5.41, 5.74) is -1.16. The summed E-state index contributed by atoms with van der Waals surface area (Å²) in [6.07, 6.45) is 8.55. The fraction of sp³-hybridized carbons (Fsp3) is 0.529. The number of Topliss-reactive ketones (excluding diaryl/α,β-unsaturated/α-hetero) is 1. The van der Waals surface area contributed by atoms with Crippen molar-refractivity contribution >= 4 is 24.4 Å². The summed E-state index contributed by atoms with van der Waals surface area (Å²) < 4.78 is 10.8. The molecule has 2 atom stereocenters. The number of ketones is 1. The molecule has 0 spiro atoms. The zero-order chi connectivity index (χ0) is 16.8. The fourth-order valence-electron chi connectivity index (χ4n) is 2.11. The summed E-state index contributed by atoms with van der Waals surface area (Å²) in [7, 11) is 0. The van der Waals surface area contributed by atoms with E-state index in [0.717, 1.165) is 6.42 Å². The Morgan fingerprint density at radius 3 is 2.64 bits per heavy atom. The van der Waals surface area contributed by atoms with Gasteiger partial charge in [-0.05, 0) is 26.3 Å². The van der Waals surface area contributed by atoms with Crippen molar-refractivity contribution in [2.45, 2.75) is 51.4 Å². The molecular weight excluding hydrogens is 300 g/mol. The van der Waals surface area contributed by atoms with Crippen LogP contribution in [0, 0.1) is 0 Å². The molecule has 0 aliphatic carbocycles. The molecule has 2 unspecified atom stereocenters. The SMILES string of the molecule is CC/C=C/C=C/C1(C)OC(CC(C)S)=C(C(=O)OCC)C1=O. The Morgan fingerprint density at radius 2 is 2.09 bits per heavy atom. The second-order valence-electron chi connectivity index (χ2n) is 5.31. The van der Waals surface area contributed by atoms with E-state index in [0.29, 0.717) is 12.2 Å². The summed E-state index contributed by atoms with van der Waals surface area (Å²) in [5, 5.41) is -0.0291. The highest BCUT2D eigenvalue weighted by atomic mass is 32.1. The van der Waals surface area contributed by atoms with E-state index in [1.54, 1.807) is 26.0 Å². The van der Waals surface area contributed by atoms with E-state index < -0.39 is 11.6 Å². The van der Waals surface area contributed by atoms with E-state index in [1.807, 2.05) is 26.0 Å². The largest absolute Gasteiger partial charge is 0.479 e. The molecule has 4 nitrogen and oxygen atoms in total. The molecule has 0 saturated heterocycles. The second kappa shape index (κ2) is 8.22. The Morgan fingerprint density at radius 1 is 1.41 bits per heavy atom. The topological polar surface area (TPSA) is 52.6 Å². The average Bonchev–Trinajstić information content (AvgIpc) is 2.66. The van der Waals surface area contributed by atoms with Gasteiger partial charge in [0.25, 0.3) is 0 Å². The van der Waals surface area contributed by atoms with Crippen molar-refractivity contribution in [3.8, 4) is 0 Å². The molecule has 0 aromatic rings. The molecule has 1 rings (SSSR count). The van der Waals surface area contributed by atoms with Crippen LogP contribution in [0.3, 0.4) is 0 Å². The minimum absolute atomic E-state index is 0.00868. The van der Waals surface area contributed by atoms with Gasteiger partial charge in [-0.25, -0.2) is 4.79 Å². The minimum Gasteiger partial charge on any atom is -0.479 e. The van der Waals surface area contributed by atoms with Crippen LogP contribution in [-0.2, 0) is 19.1 Å². The number of hydrogen-bond acceptors (Lipinski definition) is 5. The third kappa shape index (κ3) is 4.50. The highest BCUT2D eigenvalue weighted by Crippen LogP contribution is 2.35. The first-order valence-corrected chi connectivity index (χ1v) is 8.03. The molecule has 22 heavy (non-hydrogen) atoms. The van der Waals surface area contributed by atoms with E-state index in [1.165, 1.54) is 0 Å². The third-order valence-corrected chi connectivity index (χ3v) is 3.33. The van der Waals surface area contributed by atoms with Crippen molar-refractivity contribution < 1.29 is 19.1 Å². The van der Waals surface area contributed by atoms with Gasteiger partial charge in [0.2, 0.25) is 5.78 Å². The van der Waals surface area contributed by atoms with Gasteiger partial charge in [-0.1, -0.05) is 32.1 Å². The molecule has 122 valence electrons. The van der Waals surface area contributed by atoms with Gasteiger partial charge in [-0.15, -0.1) is 0 Å². The van der Waals surface area contributed by atoms with Crippen LogP contribution in [0.4, 0.5) is 0 Å². The molecule has 0 aromatic heterocycles. The van der Waals surface area contributed by atoms with Crippen molar-refractivity contribution in [1.82, 2.24) is 0 Å². The first kappa shape index (κ1) is 18.6. The molecule has 1 aliphatic rings. The van der Waals surface area contributed by atoms with Crippen molar-refractivity contribution in [2.24, 2.45) is 0 Å². The predicted octanol–water partition coefficient (Wildman–Crippen LogP) is 3.39. The Bertz CT molecular complexity index is 517.